The first-order valence-electron chi connectivity index (χ1n) is 4.38. The molecule has 0 fully saturated rings. The summed E-state index contributed by atoms with van der Waals surface area (Å²) in [5, 5.41) is 0. The maximum Gasteiger partial charge on any atom is 0.188 e. The van der Waals surface area contributed by atoms with Crippen molar-refractivity contribution in [1.82, 2.24) is 0 Å². The van der Waals surface area contributed by atoms with E-state index in [1.54, 1.807) is 12.1 Å². The highest BCUT2D eigenvalue weighted by Crippen LogP contribution is 2.18. The molecule has 0 aliphatic heterocycles. The summed E-state index contributed by atoms with van der Waals surface area (Å²) in [6.07, 6.45) is 0.668. The summed E-state index contributed by atoms with van der Waals surface area (Å²) in [6.45, 7) is 0.560. The molecule has 0 atom stereocenters. The largest absolute Gasteiger partial charge is 0.464 e. The third kappa shape index (κ3) is 2.97. The van der Waals surface area contributed by atoms with Crippen molar-refractivity contribution >= 4 is 0 Å². The van der Waals surface area contributed by atoms with Crippen LogP contribution in [-0.4, -0.2) is 20.4 Å². The van der Waals surface area contributed by atoms with Crippen molar-refractivity contribution < 1.29 is 13.9 Å². The topological polar surface area (TPSA) is 44.5 Å². The summed E-state index contributed by atoms with van der Waals surface area (Å²) < 4.78 is 22.9. The van der Waals surface area contributed by atoms with Crippen LogP contribution in [0.1, 0.15) is 5.56 Å². The van der Waals surface area contributed by atoms with Crippen LogP contribution in [0.25, 0.3) is 0 Å². The smallest absolute Gasteiger partial charge is 0.188 e. The SMILES string of the molecule is COCOc1ccc(CCN)cc1F. The van der Waals surface area contributed by atoms with Crippen LogP contribution in [0.3, 0.4) is 0 Å². The molecule has 0 saturated heterocycles. The number of rotatable bonds is 5. The fourth-order valence-electron chi connectivity index (χ4n) is 1.11. The number of nitrogens with two attached hydrogens (primary N) is 1. The number of ether oxygens (including phenoxy) is 2. The van der Waals surface area contributed by atoms with E-state index in [1.807, 2.05) is 0 Å². The van der Waals surface area contributed by atoms with Crippen LogP contribution in [0, 0.1) is 5.82 Å². The lowest BCUT2D eigenvalue weighted by Crippen LogP contribution is -2.04. The van der Waals surface area contributed by atoms with Gasteiger partial charge in [0.1, 0.15) is 0 Å². The van der Waals surface area contributed by atoms with E-state index in [9.17, 15) is 4.39 Å². The van der Waals surface area contributed by atoms with Crippen LogP contribution in [-0.2, 0) is 11.2 Å². The molecular weight excluding hydrogens is 185 g/mol. The Bertz CT molecular complexity index is 291. The number of hydrogen-bond acceptors (Lipinski definition) is 3. The van der Waals surface area contributed by atoms with Crippen molar-refractivity contribution in [2.24, 2.45) is 5.73 Å². The van der Waals surface area contributed by atoms with Crippen molar-refractivity contribution in [3.63, 3.8) is 0 Å². The Hall–Kier alpha value is -1.13. The molecule has 0 bridgehead atoms. The van der Waals surface area contributed by atoms with Crippen molar-refractivity contribution in [3.8, 4) is 5.75 Å². The summed E-state index contributed by atoms with van der Waals surface area (Å²) in [5.41, 5.74) is 6.23. The van der Waals surface area contributed by atoms with Gasteiger partial charge in [0.15, 0.2) is 18.4 Å². The van der Waals surface area contributed by atoms with Crippen LogP contribution < -0.4 is 10.5 Å². The van der Waals surface area contributed by atoms with E-state index in [1.165, 1.54) is 13.2 Å². The fraction of sp³-hybridized carbons (Fsp3) is 0.400. The molecule has 0 radical (unpaired) electrons. The normalized spacial score (nSPS) is 10.2. The van der Waals surface area contributed by atoms with E-state index >= 15 is 0 Å². The lowest BCUT2D eigenvalue weighted by atomic mass is 10.1. The highest BCUT2D eigenvalue weighted by Gasteiger charge is 2.03. The Morgan fingerprint density at radius 1 is 1.43 bits per heavy atom. The molecule has 4 heteroatoms. The minimum atomic E-state index is -0.381. The molecular formula is C10H14FNO2. The molecule has 78 valence electrons. The highest BCUT2D eigenvalue weighted by atomic mass is 19.1. The van der Waals surface area contributed by atoms with Crippen molar-refractivity contribution in [1.29, 1.82) is 0 Å². The molecule has 2 N–H and O–H groups in total. The third-order valence-corrected chi connectivity index (χ3v) is 1.76. The number of hydrogen-bond donors (Lipinski definition) is 1. The summed E-state index contributed by atoms with van der Waals surface area (Å²) in [6, 6.07) is 4.80. The van der Waals surface area contributed by atoms with Gasteiger partial charge in [0.2, 0.25) is 0 Å². The second-order valence-electron chi connectivity index (χ2n) is 2.85. The van der Waals surface area contributed by atoms with Gasteiger partial charge in [-0.25, -0.2) is 4.39 Å². The minimum absolute atomic E-state index is 0.0488. The van der Waals surface area contributed by atoms with E-state index in [-0.39, 0.29) is 18.4 Å². The van der Waals surface area contributed by atoms with E-state index < -0.39 is 0 Å². The first-order valence-corrected chi connectivity index (χ1v) is 4.38. The molecule has 14 heavy (non-hydrogen) atoms. The zero-order valence-corrected chi connectivity index (χ0v) is 8.13. The van der Waals surface area contributed by atoms with Crippen LogP contribution in [0.2, 0.25) is 0 Å². The number of halogens is 1. The Morgan fingerprint density at radius 2 is 2.21 bits per heavy atom. The maximum atomic E-state index is 13.3. The monoisotopic (exact) mass is 199 g/mol. The first kappa shape index (κ1) is 10.9. The highest BCUT2D eigenvalue weighted by molar-refractivity contribution is 5.29. The van der Waals surface area contributed by atoms with Gasteiger partial charge >= 0.3 is 0 Å². The van der Waals surface area contributed by atoms with Gasteiger partial charge in [-0.2, -0.15) is 0 Å². The second kappa shape index (κ2) is 5.57. The van der Waals surface area contributed by atoms with Gasteiger partial charge in [-0.15, -0.1) is 0 Å². The van der Waals surface area contributed by atoms with Gasteiger partial charge in [-0.3, -0.25) is 0 Å². The standard InChI is InChI=1S/C10H14FNO2/c1-13-7-14-10-3-2-8(4-5-12)6-9(10)11/h2-3,6H,4-5,7,12H2,1H3. The lowest BCUT2D eigenvalue weighted by molar-refractivity contribution is 0.0483. The molecule has 0 aliphatic carbocycles. The number of methoxy groups -OCH3 is 1. The average Bonchev–Trinajstić information content (AvgIpc) is 2.17. The van der Waals surface area contributed by atoms with Gasteiger partial charge < -0.3 is 15.2 Å². The van der Waals surface area contributed by atoms with Crippen LogP contribution >= 0.6 is 0 Å². The Balaban J connectivity index is 2.68. The molecule has 0 spiro atoms. The van der Waals surface area contributed by atoms with Crippen LogP contribution in [0.5, 0.6) is 5.75 Å². The average molecular weight is 199 g/mol. The van der Waals surface area contributed by atoms with E-state index in [2.05, 4.69) is 4.74 Å². The molecule has 0 amide bonds. The van der Waals surface area contributed by atoms with Gasteiger partial charge in [0.05, 0.1) is 0 Å². The Morgan fingerprint density at radius 3 is 2.79 bits per heavy atom. The predicted molar refractivity (Wildman–Crippen MR) is 51.7 cm³/mol. The Labute approximate surface area is 82.6 Å². The summed E-state index contributed by atoms with van der Waals surface area (Å²) >= 11 is 0. The molecule has 1 aromatic rings. The van der Waals surface area contributed by atoms with E-state index in [0.717, 1.165) is 5.56 Å². The molecule has 0 heterocycles. The van der Waals surface area contributed by atoms with E-state index in [4.69, 9.17) is 10.5 Å². The van der Waals surface area contributed by atoms with E-state index in [0.29, 0.717) is 13.0 Å². The summed E-state index contributed by atoms with van der Waals surface area (Å²) in [4.78, 5) is 0. The van der Waals surface area contributed by atoms with Crippen molar-refractivity contribution in [3.05, 3.63) is 29.6 Å². The van der Waals surface area contributed by atoms with Gasteiger partial charge in [-0.1, -0.05) is 6.07 Å². The molecule has 0 aliphatic rings. The number of benzene rings is 1. The maximum absolute atomic E-state index is 13.3. The molecule has 0 saturated carbocycles. The Kier molecular flexibility index (Phi) is 4.35. The molecule has 0 unspecified atom stereocenters. The van der Waals surface area contributed by atoms with Gasteiger partial charge in [0, 0.05) is 7.11 Å². The summed E-state index contributed by atoms with van der Waals surface area (Å²) in [5.74, 6) is -0.180. The summed E-state index contributed by atoms with van der Waals surface area (Å²) in [7, 11) is 1.49. The lowest BCUT2D eigenvalue weighted by Gasteiger charge is -2.06. The molecule has 3 nitrogen and oxygen atoms in total. The predicted octanol–water partition coefficient (Wildman–Crippen LogP) is 1.31. The minimum Gasteiger partial charge on any atom is -0.464 e. The zero-order chi connectivity index (χ0) is 10.4. The van der Waals surface area contributed by atoms with Crippen molar-refractivity contribution in [2.45, 2.75) is 6.42 Å². The van der Waals surface area contributed by atoms with Crippen LogP contribution in [0.15, 0.2) is 18.2 Å². The van der Waals surface area contributed by atoms with Crippen LogP contribution in [0.4, 0.5) is 4.39 Å². The quantitative estimate of drug-likeness (QED) is 0.727. The fourth-order valence-corrected chi connectivity index (χ4v) is 1.11. The van der Waals surface area contributed by atoms with Crippen molar-refractivity contribution in [2.75, 3.05) is 20.4 Å². The third-order valence-electron chi connectivity index (χ3n) is 1.76. The molecule has 0 aromatic heterocycles. The zero-order valence-electron chi connectivity index (χ0n) is 8.13. The molecule has 1 aromatic carbocycles. The van der Waals surface area contributed by atoms with Gasteiger partial charge in [-0.05, 0) is 30.7 Å². The molecule has 1 rings (SSSR count). The second-order valence-corrected chi connectivity index (χ2v) is 2.85. The first-order chi connectivity index (χ1) is 6.77. The van der Waals surface area contributed by atoms with Gasteiger partial charge in [0.25, 0.3) is 0 Å².